The first-order valence-corrected chi connectivity index (χ1v) is 15.0. The molecule has 0 aromatic carbocycles. The fourth-order valence-electron chi connectivity index (χ4n) is 10.1. The molecule has 4 aliphatic carbocycles. The van der Waals surface area contributed by atoms with Crippen molar-refractivity contribution in [2.45, 2.75) is 126 Å². The monoisotopic (exact) mass is 566 g/mol. The van der Waals surface area contributed by atoms with Crippen molar-refractivity contribution in [1.82, 2.24) is 0 Å². The highest BCUT2D eigenvalue weighted by Crippen LogP contribution is 2.71. The number of ether oxygens (including phenoxy) is 4. The number of cyclic esters (lactones) is 1. The molecule has 2 heterocycles. The number of hydrogen-bond acceptors (Lipinski definition) is 10. The number of methoxy groups -OCH3 is 1. The molecule has 2 aliphatic heterocycles. The quantitative estimate of drug-likeness (QED) is 0.248. The summed E-state index contributed by atoms with van der Waals surface area (Å²) in [5.74, 6) is -0.703. The molecule has 14 atom stereocenters. The van der Waals surface area contributed by atoms with E-state index in [1.54, 1.807) is 6.92 Å². The molecular formula is C30H46O10. The lowest BCUT2D eigenvalue weighted by Crippen LogP contribution is -2.77. The summed E-state index contributed by atoms with van der Waals surface area (Å²) < 4.78 is 22.6. The van der Waals surface area contributed by atoms with Gasteiger partial charge in [0.2, 0.25) is 0 Å². The molecule has 5 fully saturated rings. The maximum Gasteiger partial charge on any atom is 0.331 e. The molecule has 1 saturated heterocycles. The van der Waals surface area contributed by atoms with Gasteiger partial charge in [0, 0.05) is 18.6 Å². The number of hydrogen-bond donors (Lipinski definition) is 5. The Kier molecular flexibility index (Phi) is 7.03. The minimum atomic E-state index is -1.67. The molecule has 0 spiro atoms. The topological polar surface area (TPSA) is 155 Å². The molecule has 40 heavy (non-hydrogen) atoms. The third-order valence-electron chi connectivity index (χ3n) is 12.5. The van der Waals surface area contributed by atoms with E-state index in [9.17, 15) is 30.3 Å². The summed E-state index contributed by atoms with van der Waals surface area (Å²) in [7, 11) is 1.44. The van der Waals surface area contributed by atoms with Gasteiger partial charge >= 0.3 is 5.97 Å². The first-order chi connectivity index (χ1) is 18.8. The Bertz CT molecular complexity index is 1050. The van der Waals surface area contributed by atoms with E-state index < -0.39 is 53.4 Å². The Morgan fingerprint density at radius 1 is 1.00 bits per heavy atom. The van der Waals surface area contributed by atoms with Gasteiger partial charge in [-0.1, -0.05) is 13.8 Å². The number of aliphatic hydroxyl groups is 5. The number of carbonyl (C=O) groups is 1. The lowest BCUT2D eigenvalue weighted by atomic mass is 9.40. The van der Waals surface area contributed by atoms with Crippen molar-refractivity contribution in [2.24, 2.45) is 28.6 Å². The molecule has 10 nitrogen and oxygen atoms in total. The fraction of sp³-hybridized carbons (Fsp3) is 0.900. The second-order valence-corrected chi connectivity index (χ2v) is 14.0. The summed E-state index contributed by atoms with van der Waals surface area (Å²) >= 11 is 0. The predicted molar refractivity (Wildman–Crippen MR) is 141 cm³/mol. The Morgan fingerprint density at radius 3 is 2.42 bits per heavy atom. The normalized spacial score (nSPS) is 56.1. The molecule has 10 heteroatoms. The molecule has 0 bridgehead atoms. The molecular weight excluding hydrogens is 520 g/mol. The lowest BCUT2D eigenvalue weighted by molar-refractivity contribution is -0.337. The van der Waals surface area contributed by atoms with Crippen LogP contribution in [-0.2, 0) is 23.7 Å². The maximum absolute atomic E-state index is 12.5. The van der Waals surface area contributed by atoms with Crippen LogP contribution in [0.3, 0.4) is 0 Å². The van der Waals surface area contributed by atoms with Gasteiger partial charge < -0.3 is 44.5 Å². The van der Waals surface area contributed by atoms with E-state index >= 15 is 0 Å². The van der Waals surface area contributed by atoms with Gasteiger partial charge in [-0.3, -0.25) is 0 Å². The van der Waals surface area contributed by atoms with Crippen molar-refractivity contribution in [3.63, 3.8) is 0 Å². The molecule has 6 aliphatic rings. The maximum atomic E-state index is 12.5. The van der Waals surface area contributed by atoms with Crippen LogP contribution in [0.4, 0.5) is 0 Å². The first-order valence-electron chi connectivity index (χ1n) is 15.0. The molecule has 4 saturated carbocycles. The molecule has 1 unspecified atom stereocenters. The van der Waals surface area contributed by atoms with E-state index in [-0.39, 0.29) is 41.8 Å². The van der Waals surface area contributed by atoms with Crippen LogP contribution >= 0.6 is 0 Å². The average molecular weight is 567 g/mol. The highest BCUT2D eigenvalue weighted by atomic mass is 16.7. The van der Waals surface area contributed by atoms with Crippen LogP contribution in [0.15, 0.2) is 11.6 Å². The van der Waals surface area contributed by atoms with Crippen LogP contribution in [0.2, 0.25) is 0 Å². The Morgan fingerprint density at radius 2 is 1.75 bits per heavy atom. The molecule has 0 aromatic rings. The van der Waals surface area contributed by atoms with E-state index in [0.717, 1.165) is 12.0 Å². The van der Waals surface area contributed by atoms with Crippen molar-refractivity contribution in [3.8, 4) is 0 Å². The SMILES string of the molecule is CO[C@H]1[C@H](O)[C@H](O[C@H]2CC[C@]3(C)C4CC[C@]5(C)[C@@H](C6=CC(=O)OC6)CC[C@]5(O)[C@]4(O)[C@H](O)C[C@@H]3C2)O[C@@H](C)[C@@H]1O. The highest BCUT2D eigenvalue weighted by molar-refractivity contribution is 5.85. The third kappa shape index (κ3) is 3.80. The molecule has 226 valence electrons. The van der Waals surface area contributed by atoms with Crippen LogP contribution in [0.5, 0.6) is 0 Å². The van der Waals surface area contributed by atoms with Crippen LogP contribution in [0.1, 0.15) is 72.1 Å². The summed E-state index contributed by atoms with van der Waals surface area (Å²) in [5, 5.41) is 57.7. The van der Waals surface area contributed by atoms with Gasteiger partial charge in [-0.25, -0.2) is 4.79 Å². The van der Waals surface area contributed by atoms with Crippen LogP contribution in [0, 0.1) is 28.6 Å². The summed E-state index contributed by atoms with van der Waals surface area (Å²) in [6.07, 6.45) is 0.516. The first kappa shape index (κ1) is 29.0. The smallest absolute Gasteiger partial charge is 0.331 e. The predicted octanol–water partition coefficient (Wildman–Crippen LogP) is 1.20. The lowest BCUT2D eigenvalue weighted by Gasteiger charge is -2.68. The summed E-state index contributed by atoms with van der Waals surface area (Å²) in [5.41, 5.74) is -3.29. The summed E-state index contributed by atoms with van der Waals surface area (Å²) in [6.45, 7) is 6.14. The van der Waals surface area contributed by atoms with Gasteiger partial charge in [0.1, 0.15) is 36.1 Å². The van der Waals surface area contributed by atoms with Gasteiger partial charge in [0.15, 0.2) is 6.29 Å². The van der Waals surface area contributed by atoms with Gasteiger partial charge in [0.05, 0.1) is 18.3 Å². The van der Waals surface area contributed by atoms with Gasteiger partial charge in [0.25, 0.3) is 0 Å². The molecule has 0 radical (unpaired) electrons. The number of carbonyl (C=O) groups excluding carboxylic acids is 1. The van der Waals surface area contributed by atoms with E-state index in [4.69, 9.17) is 18.9 Å². The van der Waals surface area contributed by atoms with E-state index in [1.807, 2.05) is 6.92 Å². The molecule has 6 rings (SSSR count). The zero-order valence-corrected chi connectivity index (χ0v) is 24.0. The van der Waals surface area contributed by atoms with Crippen LogP contribution in [0.25, 0.3) is 0 Å². The largest absolute Gasteiger partial charge is 0.458 e. The van der Waals surface area contributed by atoms with Gasteiger partial charge in [-0.2, -0.15) is 0 Å². The van der Waals surface area contributed by atoms with Crippen molar-refractivity contribution >= 4 is 5.97 Å². The second-order valence-electron chi connectivity index (χ2n) is 14.0. The zero-order chi connectivity index (χ0) is 28.8. The molecule has 0 amide bonds. The minimum Gasteiger partial charge on any atom is -0.458 e. The molecule has 0 aromatic heterocycles. The Hall–Kier alpha value is -1.11. The minimum absolute atomic E-state index is 0.0437. The van der Waals surface area contributed by atoms with Crippen LogP contribution < -0.4 is 0 Å². The second kappa shape index (κ2) is 9.71. The Labute approximate surface area is 235 Å². The van der Waals surface area contributed by atoms with Crippen molar-refractivity contribution in [2.75, 3.05) is 13.7 Å². The third-order valence-corrected chi connectivity index (χ3v) is 12.5. The standard InChI is InChI=1S/C30H46O10/c1-15-23(33)25(37-4)24(34)26(39-15)40-18-5-8-27(2)17(12-18)13-21(31)30(36)20(27)7-9-28(3)19(6-10-29(28,30)35)16-11-22(32)38-14-16/h11,15,17-21,23-26,31,33-36H,5-10,12-14H2,1-4H3/t15-,17-,18-,19+,20?,21+,23-,24-,25+,26-,27-,28+,29+,30+/m0/s1. The van der Waals surface area contributed by atoms with Crippen molar-refractivity contribution in [1.29, 1.82) is 0 Å². The average Bonchev–Trinajstić information content (AvgIpc) is 3.45. The van der Waals surface area contributed by atoms with E-state index in [1.165, 1.54) is 13.2 Å². The van der Waals surface area contributed by atoms with Crippen LogP contribution in [-0.4, -0.2) is 99.3 Å². The van der Waals surface area contributed by atoms with E-state index in [0.29, 0.717) is 44.9 Å². The number of fused-ring (bicyclic) bond motifs is 5. The fourth-order valence-corrected chi connectivity index (χ4v) is 10.1. The van der Waals surface area contributed by atoms with E-state index in [2.05, 4.69) is 6.92 Å². The highest BCUT2D eigenvalue weighted by Gasteiger charge is 2.76. The molecule has 5 N–H and O–H groups in total. The van der Waals surface area contributed by atoms with Crippen molar-refractivity contribution in [3.05, 3.63) is 11.6 Å². The number of rotatable bonds is 4. The summed E-state index contributed by atoms with van der Waals surface area (Å²) in [6, 6.07) is 0. The number of aliphatic hydroxyl groups excluding tert-OH is 3. The Balaban J connectivity index is 1.22. The van der Waals surface area contributed by atoms with Crippen molar-refractivity contribution < 1.29 is 49.3 Å². The number of esters is 1. The zero-order valence-electron chi connectivity index (χ0n) is 24.0. The van der Waals surface area contributed by atoms with Gasteiger partial charge in [-0.15, -0.1) is 0 Å². The van der Waals surface area contributed by atoms with Gasteiger partial charge in [-0.05, 0) is 87.0 Å². The summed E-state index contributed by atoms with van der Waals surface area (Å²) in [4.78, 5) is 11.8.